The van der Waals surface area contributed by atoms with Crippen molar-refractivity contribution >= 4 is 5.91 Å². The molecule has 0 saturated heterocycles. The molecular weight excluding hydrogens is 294 g/mol. The molecule has 23 heavy (non-hydrogen) atoms. The maximum atomic E-state index is 11.9. The zero-order chi connectivity index (χ0) is 17.0. The Morgan fingerprint density at radius 2 is 2.00 bits per heavy atom. The van der Waals surface area contributed by atoms with E-state index in [1.807, 2.05) is 19.9 Å². The summed E-state index contributed by atoms with van der Waals surface area (Å²) in [4.78, 5) is 23.8. The Kier molecular flexibility index (Phi) is 5.31. The zero-order valence-corrected chi connectivity index (χ0v) is 14.0. The molecule has 0 saturated carbocycles. The van der Waals surface area contributed by atoms with Crippen molar-refractivity contribution in [3.8, 4) is 5.82 Å². The largest absolute Gasteiger partial charge is 0.354 e. The highest BCUT2D eigenvalue weighted by Crippen LogP contribution is 2.07. The second-order valence-corrected chi connectivity index (χ2v) is 6.06. The summed E-state index contributed by atoms with van der Waals surface area (Å²) in [7, 11) is 0. The second kappa shape index (κ2) is 7.21. The average Bonchev–Trinajstić information content (AvgIpc) is 2.80. The van der Waals surface area contributed by atoms with E-state index in [-0.39, 0.29) is 18.0 Å². The molecule has 0 atom stereocenters. The fourth-order valence-corrected chi connectivity index (χ4v) is 2.22. The number of nitrogens with one attached hydrogen (secondary N) is 1. The van der Waals surface area contributed by atoms with E-state index in [2.05, 4.69) is 29.4 Å². The van der Waals surface area contributed by atoms with Crippen LogP contribution in [0.1, 0.15) is 31.7 Å². The van der Waals surface area contributed by atoms with Crippen LogP contribution >= 0.6 is 0 Å². The number of aromatic nitrogens is 4. The van der Waals surface area contributed by atoms with Gasteiger partial charge < -0.3 is 5.32 Å². The molecule has 2 aromatic rings. The number of carbonyl (C=O) groups excluding carboxylic acids is 1. The van der Waals surface area contributed by atoms with Crippen molar-refractivity contribution < 1.29 is 4.79 Å². The van der Waals surface area contributed by atoms with Gasteiger partial charge in [0.05, 0.1) is 5.69 Å². The lowest BCUT2D eigenvalue weighted by Crippen LogP contribution is -2.34. The van der Waals surface area contributed by atoms with Crippen LogP contribution in [0.2, 0.25) is 0 Å². The molecule has 1 N–H and O–H groups in total. The molecule has 0 spiro atoms. The van der Waals surface area contributed by atoms with Crippen LogP contribution in [0.25, 0.3) is 5.82 Å². The minimum absolute atomic E-state index is 0.0932. The van der Waals surface area contributed by atoms with Crippen molar-refractivity contribution in [3.63, 3.8) is 0 Å². The highest BCUT2D eigenvalue weighted by atomic mass is 16.2. The number of hydrogen-bond donors (Lipinski definition) is 1. The number of rotatable bonds is 6. The molecular formula is C16H23N5O2. The van der Waals surface area contributed by atoms with Crippen molar-refractivity contribution in [2.45, 2.75) is 40.7 Å². The lowest BCUT2D eigenvalue weighted by atomic mass is 10.1. The van der Waals surface area contributed by atoms with Crippen LogP contribution in [0.4, 0.5) is 0 Å². The van der Waals surface area contributed by atoms with Gasteiger partial charge in [0.2, 0.25) is 5.91 Å². The number of hydrogen-bond acceptors (Lipinski definition) is 4. The van der Waals surface area contributed by atoms with E-state index >= 15 is 0 Å². The highest BCUT2D eigenvalue weighted by molar-refractivity contribution is 5.75. The van der Waals surface area contributed by atoms with Gasteiger partial charge in [-0.25, -0.2) is 9.36 Å². The number of nitrogens with zero attached hydrogens (tertiary/aromatic N) is 4. The lowest BCUT2D eigenvalue weighted by Gasteiger charge is -2.09. The quantitative estimate of drug-likeness (QED) is 0.868. The summed E-state index contributed by atoms with van der Waals surface area (Å²) in [5.41, 5.74) is 1.48. The molecule has 2 heterocycles. The Morgan fingerprint density at radius 3 is 2.61 bits per heavy atom. The highest BCUT2D eigenvalue weighted by Gasteiger charge is 2.10. The molecule has 1 amide bonds. The maximum absolute atomic E-state index is 11.9. The Balaban J connectivity index is 2.13. The summed E-state index contributed by atoms with van der Waals surface area (Å²) in [6, 6.07) is 4.94. The van der Waals surface area contributed by atoms with Gasteiger partial charge in [0.25, 0.3) is 5.56 Å². The molecule has 0 aromatic carbocycles. The molecule has 0 unspecified atom stereocenters. The Labute approximate surface area is 135 Å². The molecule has 0 aliphatic rings. The summed E-state index contributed by atoms with van der Waals surface area (Å²) >= 11 is 0. The third-order valence-electron chi connectivity index (χ3n) is 3.42. The maximum Gasteiger partial charge on any atom is 0.267 e. The normalized spacial score (nSPS) is 11.0. The van der Waals surface area contributed by atoms with Gasteiger partial charge in [0.1, 0.15) is 6.54 Å². The van der Waals surface area contributed by atoms with Crippen molar-refractivity contribution in [2.24, 2.45) is 5.92 Å². The minimum Gasteiger partial charge on any atom is -0.354 e. The summed E-state index contributed by atoms with van der Waals surface area (Å²) in [6.45, 7) is 8.50. The predicted octanol–water partition coefficient (Wildman–Crippen LogP) is 1.21. The summed E-state index contributed by atoms with van der Waals surface area (Å²) in [6.07, 6.45) is 0.903. The van der Waals surface area contributed by atoms with Crippen LogP contribution in [0.5, 0.6) is 0 Å². The summed E-state index contributed by atoms with van der Waals surface area (Å²) in [5, 5.41) is 11.4. The smallest absolute Gasteiger partial charge is 0.267 e. The van der Waals surface area contributed by atoms with Crippen LogP contribution in [0.3, 0.4) is 0 Å². The van der Waals surface area contributed by atoms with Gasteiger partial charge in [0.15, 0.2) is 5.82 Å². The second-order valence-electron chi connectivity index (χ2n) is 6.06. The van der Waals surface area contributed by atoms with Gasteiger partial charge in [-0.2, -0.15) is 5.10 Å². The number of amides is 1. The van der Waals surface area contributed by atoms with Crippen LogP contribution in [0, 0.1) is 19.8 Å². The molecule has 2 rings (SSSR count). The molecule has 0 radical (unpaired) electrons. The zero-order valence-electron chi connectivity index (χ0n) is 14.0. The van der Waals surface area contributed by atoms with E-state index in [0.29, 0.717) is 18.3 Å². The monoisotopic (exact) mass is 317 g/mol. The van der Waals surface area contributed by atoms with E-state index in [0.717, 1.165) is 22.5 Å². The third kappa shape index (κ3) is 4.51. The van der Waals surface area contributed by atoms with Crippen LogP contribution in [-0.4, -0.2) is 32.0 Å². The first-order valence-corrected chi connectivity index (χ1v) is 7.75. The first-order chi connectivity index (χ1) is 10.9. The number of carbonyl (C=O) groups is 1. The van der Waals surface area contributed by atoms with Crippen LogP contribution in [0.15, 0.2) is 23.0 Å². The van der Waals surface area contributed by atoms with Gasteiger partial charge in [-0.1, -0.05) is 13.8 Å². The van der Waals surface area contributed by atoms with Crippen LogP contribution < -0.4 is 10.9 Å². The van der Waals surface area contributed by atoms with E-state index in [9.17, 15) is 9.59 Å². The van der Waals surface area contributed by atoms with Gasteiger partial charge >= 0.3 is 0 Å². The van der Waals surface area contributed by atoms with E-state index < -0.39 is 0 Å². The molecule has 0 bridgehead atoms. The SMILES string of the molecule is Cc1cc(C)n(-c2ccc(=O)n(CC(=O)NCCC(C)C)n2)n1. The lowest BCUT2D eigenvalue weighted by molar-refractivity contribution is -0.121. The third-order valence-corrected chi connectivity index (χ3v) is 3.42. The van der Waals surface area contributed by atoms with Crippen molar-refractivity contribution in [2.75, 3.05) is 6.54 Å². The Bertz CT molecular complexity index is 745. The van der Waals surface area contributed by atoms with E-state index in [1.54, 1.807) is 10.7 Å². The summed E-state index contributed by atoms with van der Waals surface area (Å²) < 4.78 is 2.82. The van der Waals surface area contributed by atoms with Crippen LogP contribution in [-0.2, 0) is 11.3 Å². The standard InChI is InChI=1S/C16H23N5O2/c1-11(2)7-8-17-15(22)10-20-16(23)6-5-14(19-20)21-13(4)9-12(3)18-21/h5-6,9,11H,7-8,10H2,1-4H3,(H,17,22). The van der Waals surface area contributed by atoms with Gasteiger partial charge in [-0.15, -0.1) is 5.10 Å². The molecule has 2 aromatic heterocycles. The van der Waals surface area contributed by atoms with Crippen molar-refractivity contribution in [1.29, 1.82) is 0 Å². The molecule has 7 heteroatoms. The van der Waals surface area contributed by atoms with Gasteiger partial charge in [-0.05, 0) is 38.3 Å². The Hall–Kier alpha value is -2.44. The topological polar surface area (TPSA) is 81.8 Å². The fourth-order valence-electron chi connectivity index (χ4n) is 2.22. The van der Waals surface area contributed by atoms with Crippen molar-refractivity contribution in [3.05, 3.63) is 39.9 Å². The molecule has 0 aliphatic carbocycles. The van der Waals surface area contributed by atoms with E-state index in [1.165, 1.54) is 6.07 Å². The van der Waals surface area contributed by atoms with E-state index in [4.69, 9.17) is 0 Å². The fraction of sp³-hybridized carbons (Fsp3) is 0.500. The summed E-state index contributed by atoms with van der Waals surface area (Å²) in [5.74, 6) is 0.821. The van der Waals surface area contributed by atoms with Gasteiger partial charge in [-0.3, -0.25) is 9.59 Å². The minimum atomic E-state index is -0.311. The van der Waals surface area contributed by atoms with Crippen molar-refractivity contribution in [1.82, 2.24) is 24.9 Å². The number of aryl methyl sites for hydroxylation is 2. The Morgan fingerprint density at radius 1 is 1.26 bits per heavy atom. The average molecular weight is 317 g/mol. The molecule has 7 nitrogen and oxygen atoms in total. The molecule has 124 valence electrons. The van der Waals surface area contributed by atoms with Gasteiger partial charge in [0, 0.05) is 18.3 Å². The first-order valence-electron chi connectivity index (χ1n) is 7.75. The molecule has 0 aliphatic heterocycles. The first kappa shape index (κ1) is 16.9. The molecule has 0 fully saturated rings. The predicted molar refractivity (Wildman–Crippen MR) is 87.6 cm³/mol.